The molecule has 24 heavy (non-hydrogen) atoms. The summed E-state index contributed by atoms with van der Waals surface area (Å²) < 4.78 is 0. The Bertz CT molecular complexity index is 706. The zero-order valence-electron chi connectivity index (χ0n) is 14.4. The molecule has 0 spiro atoms. The number of aromatic nitrogens is 2. The van der Waals surface area contributed by atoms with Gasteiger partial charge in [0, 0.05) is 18.8 Å². The number of nitrogens with zero attached hydrogens (tertiary/aromatic N) is 3. The van der Waals surface area contributed by atoms with Crippen LogP contribution in [-0.4, -0.2) is 29.0 Å². The molecular formula is C19H24N4O. The second-order valence-electron chi connectivity index (χ2n) is 6.22. The van der Waals surface area contributed by atoms with Crippen molar-refractivity contribution in [3.05, 3.63) is 47.4 Å². The Hall–Kier alpha value is -2.43. The molecule has 126 valence electrons. The van der Waals surface area contributed by atoms with Gasteiger partial charge in [-0.05, 0) is 43.7 Å². The minimum absolute atomic E-state index is 0.211. The molecule has 3 rings (SSSR count). The van der Waals surface area contributed by atoms with Crippen LogP contribution in [0.1, 0.15) is 47.8 Å². The maximum Gasteiger partial charge on any atom is 0.275 e. The Morgan fingerprint density at radius 1 is 1.17 bits per heavy atom. The summed E-state index contributed by atoms with van der Waals surface area (Å²) in [6.45, 7) is 6.12. The van der Waals surface area contributed by atoms with Gasteiger partial charge in [0.25, 0.3) is 5.91 Å². The van der Waals surface area contributed by atoms with E-state index in [4.69, 9.17) is 0 Å². The van der Waals surface area contributed by atoms with Gasteiger partial charge in [-0.3, -0.25) is 4.79 Å². The van der Waals surface area contributed by atoms with Crippen LogP contribution in [0.25, 0.3) is 0 Å². The Morgan fingerprint density at radius 2 is 1.96 bits per heavy atom. The predicted molar refractivity (Wildman–Crippen MR) is 96.6 cm³/mol. The fourth-order valence-corrected chi connectivity index (χ4v) is 3.10. The Labute approximate surface area is 143 Å². The van der Waals surface area contributed by atoms with E-state index in [1.807, 2.05) is 25.1 Å². The van der Waals surface area contributed by atoms with Crippen LogP contribution in [0, 0.1) is 6.92 Å². The summed E-state index contributed by atoms with van der Waals surface area (Å²) in [6.07, 6.45) is 7.81. The van der Waals surface area contributed by atoms with Crippen LogP contribution in [0.15, 0.2) is 30.6 Å². The molecule has 0 saturated carbocycles. The molecule has 1 N–H and O–H groups in total. The quantitative estimate of drug-likeness (QED) is 0.934. The summed E-state index contributed by atoms with van der Waals surface area (Å²) in [5, 5.41) is 2.99. The van der Waals surface area contributed by atoms with Gasteiger partial charge in [0.05, 0.1) is 12.4 Å². The lowest BCUT2D eigenvalue weighted by atomic mass is 10.1. The molecule has 0 radical (unpaired) electrons. The number of aryl methyl sites for hydroxylation is 2. The molecule has 1 aliphatic rings. The molecule has 0 atom stereocenters. The van der Waals surface area contributed by atoms with E-state index in [0.717, 1.165) is 42.1 Å². The molecule has 1 aromatic heterocycles. The van der Waals surface area contributed by atoms with E-state index in [-0.39, 0.29) is 5.91 Å². The van der Waals surface area contributed by atoms with Gasteiger partial charge in [0.15, 0.2) is 0 Å². The first-order valence-corrected chi connectivity index (χ1v) is 8.66. The third kappa shape index (κ3) is 3.55. The van der Waals surface area contributed by atoms with Crippen molar-refractivity contribution in [3.8, 4) is 0 Å². The number of rotatable bonds is 4. The van der Waals surface area contributed by atoms with Crippen molar-refractivity contribution in [3.63, 3.8) is 0 Å². The van der Waals surface area contributed by atoms with Crippen LogP contribution in [0.2, 0.25) is 0 Å². The van der Waals surface area contributed by atoms with Gasteiger partial charge in [-0.2, -0.15) is 0 Å². The lowest BCUT2D eigenvalue weighted by Gasteiger charge is -2.27. The highest BCUT2D eigenvalue weighted by atomic mass is 16.1. The van der Waals surface area contributed by atoms with Crippen LogP contribution in [0.4, 0.5) is 11.5 Å². The van der Waals surface area contributed by atoms with Crippen molar-refractivity contribution < 1.29 is 4.79 Å². The van der Waals surface area contributed by atoms with Crippen LogP contribution in [0.3, 0.4) is 0 Å². The Kier molecular flexibility index (Phi) is 5.08. The van der Waals surface area contributed by atoms with Gasteiger partial charge >= 0.3 is 0 Å². The molecule has 0 aliphatic carbocycles. The van der Waals surface area contributed by atoms with Gasteiger partial charge < -0.3 is 10.2 Å². The van der Waals surface area contributed by atoms with Crippen LogP contribution < -0.4 is 10.2 Å². The average Bonchev–Trinajstić information content (AvgIpc) is 2.64. The van der Waals surface area contributed by atoms with Gasteiger partial charge in [-0.15, -0.1) is 0 Å². The van der Waals surface area contributed by atoms with Crippen molar-refractivity contribution >= 4 is 17.4 Å². The molecule has 1 fully saturated rings. The molecule has 1 saturated heterocycles. The third-order valence-electron chi connectivity index (χ3n) is 4.53. The zero-order valence-corrected chi connectivity index (χ0v) is 14.4. The van der Waals surface area contributed by atoms with Gasteiger partial charge in [-0.1, -0.05) is 25.1 Å². The summed E-state index contributed by atoms with van der Waals surface area (Å²) in [6, 6.07) is 6.05. The van der Waals surface area contributed by atoms with Gasteiger partial charge in [-0.25, -0.2) is 9.97 Å². The largest absolute Gasteiger partial charge is 0.355 e. The summed E-state index contributed by atoms with van der Waals surface area (Å²) in [4.78, 5) is 23.5. The number of para-hydroxylation sites is 1. The SMILES string of the molecule is CCc1cccc(C)c1NC(=O)c1cnc(N2CCCCC2)cn1. The topological polar surface area (TPSA) is 58.1 Å². The molecule has 5 nitrogen and oxygen atoms in total. The first kappa shape index (κ1) is 16.4. The Morgan fingerprint density at radius 3 is 2.62 bits per heavy atom. The third-order valence-corrected chi connectivity index (χ3v) is 4.53. The molecule has 0 bridgehead atoms. The zero-order chi connectivity index (χ0) is 16.9. The number of hydrogen-bond acceptors (Lipinski definition) is 4. The number of piperidine rings is 1. The van der Waals surface area contributed by atoms with E-state index in [9.17, 15) is 4.79 Å². The Balaban J connectivity index is 1.74. The highest BCUT2D eigenvalue weighted by molar-refractivity contribution is 6.03. The van der Waals surface area contributed by atoms with E-state index >= 15 is 0 Å². The lowest BCUT2D eigenvalue weighted by molar-refractivity contribution is 0.102. The maximum absolute atomic E-state index is 12.5. The molecule has 0 unspecified atom stereocenters. The summed E-state index contributed by atoms with van der Waals surface area (Å²) in [5.41, 5.74) is 3.41. The highest BCUT2D eigenvalue weighted by Gasteiger charge is 2.15. The molecule has 1 aromatic carbocycles. The van der Waals surface area contributed by atoms with Crippen LogP contribution in [0.5, 0.6) is 0 Å². The standard InChI is InChI=1S/C19H24N4O/c1-3-15-9-7-8-14(2)18(15)22-19(24)16-12-21-17(13-20-16)23-10-5-4-6-11-23/h7-9,12-13H,3-6,10-11H2,1-2H3,(H,22,24). The van der Waals surface area contributed by atoms with Crippen molar-refractivity contribution in [2.75, 3.05) is 23.3 Å². The molecule has 5 heteroatoms. The number of carbonyl (C=O) groups is 1. The smallest absolute Gasteiger partial charge is 0.275 e. The van der Waals surface area contributed by atoms with E-state index in [1.165, 1.54) is 19.3 Å². The fraction of sp³-hybridized carbons (Fsp3) is 0.421. The number of carbonyl (C=O) groups excluding carboxylic acids is 1. The lowest BCUT2D eigenvalue weighted by Crippen LogP contribution is -2.30. The summed E-state index contributed by atoms with van der Waals surface area (Å²) in [5.74, 6) is 0.646. The number of benzene rings is 1. The second-order valence-corrected chi connectivity index (χ2v) is 6.22. The van der Waals surface area contributed by atoms with E-state index in [1.54, 1.807) is 12.4 Å². The van der Waals surface area contributed by atoms with Crippen molar-refractivity contribution in [1.82, 2.24) is 9.97 Å². The molecule has 1 amide bonds. The van der Waals surface area contributed by atoms with Crippen molar-refractivity contribution in [2.45, 2.75) is 39.5 Å². The summed E-state index contributed by atoms with van der Waals surface area (Å²) in [7, 11) is 0. The number of anilines is 2. The van der Waals surface area contributed by atoms with Crippen molar-refractivity contribution in [2.24, 2.45) is 0 Å². The predicted octanol–water partition coefficient (Wildman–Crippen LogP) is 3.59. The molecule has 2 aromatic rings. The number of hydrogen-bond donors (Lipinski definition) is 1. The van der Waals surface area contributed by atoms with Crippen LogP contribution >= 0.6 is 0 Å². The van der Waals surface area contributed by atoms with Crippen LogP contribution in [-0.2, 0) is 6.42 Å². The number of amides is 1. The first-order valence-electron chi connectivity index (χ1n) is 8.66. The number of nitrogens with one attached hydrogen (secondary N) is 1. The van der Waals surface area contributed by atoms with Crippen molar-refractivity contribution in [1.29, 1.82) is 0 Å². The maximum atomic E-state index is 12.5. The average molecular weight is 324 g/mol. The highest BCUT2D eigenvalue weighted by Crippen LogP contribution is 2.22. The minimum atomic E-state index is -0.211. The summed E-state index contributed by atoms with van der Waals surface area (Å²) >= 11 is 0. The second kappa shape index (κ2) is 7.43. The monoisotopic (exact) mass is 324 g/mol. The fourth-order valence-electron chi connectivity index (χ4n) is 3.10. The molecular weight excluding hydrogens is 300 g/mol. The molecule has 1 aliphatic heterocycles. The van der Waals surface area contributed by atoms with E-state index in [0.29, 0.717) is 5.69 Å². The first-order chi connectivity index (χ1) is 11.7. The van der Waals surface area contributed by atoms with Gasteiger partial charge in [0.1, 0.15) is 11.5 Å². The van der Waals surface area contributed by atoms with Gasteiger partial charge in [0.2, 0.25) is 0 Å². The molecule has 2 heterocycles. The van der Waals surface area contributed by atoms with E-state index in [2.05, 4.69) is 27.1 Å². The normalized spacial score (nSPS) is 14.5. The van der Waals surface area contributed by atoms with E-state index < -0.39 is 0 Å². The minimum Gasteiger partial charge on any atom is -0.355 e.